The van der Waals surface area contributed by atoms with Crippen molar-refractivity contribution in [2.24, 2.45) is 0 Å². The minimum atomic E-state index is -0.828. The Labute approximate surface area is 92.5 Å². The van der Waals surface area contributed by atoms with Gasteiger partial charge in [0.15, 0.2) is 11.6 Å². The molecule has 2 aromatic carbocycles. The molecule has 0 saturated carbocycles. The molecule has 0 aliphatic carbocycles. The fourth-order valence-corrected chi connectivity index (χ4v) is 1.58. The number of rotatable bonds is 1. The minimum absolute atomic E-state index is 0.232. The Bertz CT molecular complexity index is 535. The SMILES string of the molecule is Cc1ccc(-c2cccc(N)c2)c(F)c1F. The molecule has 3 heteroatoms. The number of benzene rings is 2. The van der Waals surface area contributed by atoms with E-state index in [1.165, 1.54) is 6.92 Å². The number of nitrogens with two attached hydrogens (primary N) is 1. The Hall–Kier alpha value is -1.90. The number of nitrogen functional groups attached to an aromatic ring is 1. The molecule has 0 saturated heterocycles. The van der Waals surface area contributed by atoms with Crippen LogP contribution in [0.3, 0.4) is 0 Å². The predicted molar refractivity (Wildman–Crippen MR) is 60.9 cm³/mol. The highest BCUT2D eigenvalue weighted by atomic mass is 19.2. The Balaban J connectivity index is 2.61. The van der Waals surface area contributed by atoms with Crippen molar-refractivity contribution >= 4 is 5.69 Å². The zero-order chi connectivity index (χ0) is 11.7. The summed E-state index contributed by atoms with van der Waals surface area (Å²) in [5.41, 5.74) is 7.23. The molecule has 16 heavy (non-hydrogen) atoms. The zero-order valence-electron chi connectivity index (χ0n) is 8.80. The highest BCUT2D eigenvalue weighted by Gasteiger charge is 2.12. The largest absolute Gasteiger partial charge is 0.399 e. The minimum Gasteiger partial charge on any atom is -0.399 e. The highest BCUT2D eigenvalue weighted by molar-refractivity contribution is 5.68. The van der Waals surface area contributed by atoms with E-state index in [0.717, 1.165) is 0 Å². The van der Waals surface area contributed by atoms with Crippen LogP contribution in [0.5, 0.6) is 0 Å². The summed E-state index contributed by atoms with van der Waals surface area (Å²) in [5.74, 6) is -1.63. The quantitative estimate of drug-likeness (QED) is 0.729. The third kappa shape index (κ3) is 1.76. The molecule has 0 bridgehead atoms. The number of aryl methyl sites for hydroxylation is 1. The molecule has 0 radical (unpaired) electrons. The summed E-state index contributed by atoms with van der Waals surface area (Å²) in [7, 11) is 0. The highest BCUT2D eigenvalue weighted by Crippen LogP contribution is 2.27. The lowest BCUT2D eigenvalue weighted by atomic mass is 10.0. The van der Waals surface area contributed by atoms with Gasteiger partial charge in [0.1, 0.15) is 0 Å². The van der Waals surface area contributed by atoms with Crippen LogP contribution in [0.2, 0.25) is 0 Å². The van der Waals surface area contributed by atoms with Gasteiger partial charge in [0, 0.05) is 11.3 Å². The first-order valence-corrected chi connectivity index (χ1v) is 4.90. The first-order chi connectivity index (χ1) is 7.59. The van der Waals surface area contributed by atoms with Crippen LogP contribution < -0.4 is 5.73 Å². The van der Waals surface area contributed by atoms with Crippen molar-refractivity contribution in [3.05, 3.63) is 53.6 Å². The molecule has 0 spiro atoms. The average molecular weight is 219 g/mol. The van der Waals surface area contributed by atoms with E-state index in [0.29, 0.717) is 16.8 Å². The second-order valence-electron chi connectivity index (χ2n) is 3.68. The molecule has 0 fully saturated rings. The smallest absolute Gasteiger partial charge is 0.166 e. The van der Waals surface area contributed by atoms with E-state index in [4.69, 9.17) is 5.73 Å². The number of halogens is 2. The van der Waals surface area contributed by atoms with Crippen molar-refractivity contribution in [1.29, 1.82) is 0 Å². The van der Waals surface area contributed by atoms with Crippen molar-refractivity contribution in [1.82, 2.24) is 0 Å². The lowest BCUT2D eigenvalue weighted by Gasteiger charge is -2.06. The molecule has 0 atom stereocenters. The maximum Gasteiger partial charge on any atom is 0.166 e. The normalized spacial score (nSPS) is 10.4. The van der Waals surface area contributed by atoms with Crippen LogP contribution in [0.25, 0.3) is 11.1 Å². The summed E-state index contributed by atoms with van der Waals surface area (Å²) in [4.78, 5) is 0. The first kappa shape index (κ1) is 10.6. The second kappa shape index (κ2) is 3.93. The standard InChI is InChI=1S/C13H11F2N/c1-8-5-6-11(13(15)12(8)14)9-3-2-4-10(16)7-9/h2-7H,16H2,1H3. The third-order valence-electron chi connectivity index (χ3n) is 2.47. The molecule has 2 N–H and O–H groups in total. The summed E-state index contributed by atoms with van der Waals surface area (Å²) >= 11 is 0. The summed E-state index contributed by atoms with van der Waals surface area (Å²) in [6.07, 6.45) is 0. The number of hydrogen-bond acceptors (Lipinski definition) is 1. The molecular formula is C13H11F2N. The molecule has 1 nitrogen and oxygen atoms in total. The average Bonchev–Trinajstić information content (AvgIpc) is 2.26. The van der Waals surface area contributed by atoms with Gasteiger partial charge in [-0.2, -0.15) is 0 Å². The van der Waals surface area contributed by atoms with E-state index in [9.17, 15) is 8.78 Å². The van der Waals surface area contributed by atoms with Gasteiger partial charge in [0.25, 0.3) is 0 Å². The van der Waals surface area contributed by atoms with Gasteiger partial charge >= 0.3 is 0 Å². The van der Waals surface area contributed by atoms with Crippen molar-refractivity contribution in [3.63, 3.8) is 0 Å². The van der Waals surface area contributed by atoms with Gasteiger partial charge in [-0.25, -0.2) is 8.78 Å². The van der Waals surface area contributed by atoms with E-state index in [1.54, 1.807) is 36.4 Å². The van der Waals surface area contributed by atoms with E-state index >= 15 is 0 Å². The zero-order valence-corrected chi connectivity index (χ0v) is 8.80. The van der Waals surface area contributed by atoms with Gasteiger partial charge < -0.3 is 5.73 Å². The van der Waals surface area contributed by atoms with Crippen LogP contribution in [0.1, 0.15) is 5.56 Å². The predicted octanol–water partition coefficient (Wildman–Crippen LogP) is 3.52. The molecule has 0 amide bonds. The number of anilines is 1. The van der Waals surface area contributed by atoms with Gasteiger partial charge in [-0.05, 0) is 30.2 Å². The van der Waals surface area contributed by atoms with Crippen molar-refractivity contribution < 1.29 is 8.78 Å². The molecular weight excluding hydrogens is 208 g/mol. The van der Waals surface area contributed by atoms with E-state index in [1.807, 2.05) is 0 Å². The van der Waals surface area contributed by atoms with Crippen LogP contribution in [0, 0.1) is 18.6 Å². The van der Waals surface area contributed by atoms with Crippen molar-refractivity contribution in [2.45, 2.75) is 6.92 Å². The summed E-state index contributed by atoms with van der Waals surface area (Å²) in [6.45, 7) is 1.53. The third-order valence-corrected chi connectivity index (χ3v) is 2.47. The van der Waals surface area contributed by atoms with Gasteiger partial charge in [-0.15, -0.1) is 0 Å². The van der Waals surface area contributed by atoms with Crippen molar-refractivity contribution in [2.75, 3.05) is 5.73 Å². The van der Waals surface area contributed by atoms with Gasteiger partial charge in [0.05, 0.1) is 0 Å². The lowest BCUT2D eigenvalue weighted by molar-refractivity contribution is 0.505. The van der Waals surface area contributed by atoms with E-state index in [-0.39, 0.29) is 5.56 Å². The molecule has 0 heterocycles. The van der Waals surface area contributed by atoms with Gasteiger partial charge in [-0.1, -0.05) is 24.3 Å². The fraction of sp³-hybridized carbons (Fsp3) is 0.0769. The maximum atomic E-state index is 13.7. The molecule has 0 aliphatic rings. The first-order valence-electron chi connectivity index (χ1n) is 4.90. The van der Waals surface area contributed by atoms with Crippen LogP contribution in [-0.2, 0) is 0 Å². The van der Waals surface area contributed by atoms with E-state index < -0.39 is 11.6 Å². The summed E-state index contributed by atoms with van der Waals surface area (Å²) in [6, 6.07) is 9.84. The second-order valence-corrected chi connectivity index (χ2v) is 3.68. The Morgan fingerprint density at radius 1 is 1.00 bits per heavy atom. The number of hydrogen-bond donors (Lipinski definition) is 1. The topological polar surface area (TPSA) is 26.0 Å². The van der Waals surface area contributed by atoms with E-state index in [2.05, 4.69) is 0 Å². The van der Waals surface area contributed by atoms with Crippen molar-refractivity contribution in [3.8, 4) is 11.1 Å². The summed E-state index contributed by atoms with van der Waals surface area (Å²) in [5, 5.41) is 0. The Morgan fingerprint density at radius 3 is 2.44 bits per heavy atom. The van der Waals surface area contributed by atoms with Crippen LogP contribution >= 0.6 is 0 Å². The van der Waals surface area contributed by atoms with Crippen LogP contribution in [0.4, 0.5) is 14.5 Å². The summed E-state index contributed by atoms with van der Waals surface area (Å²) < 4.78 is 27.0. The Morgan fingerprint density at radius 2 is 1.75 bits per heavy atom. The molecule has 0 unspecified atom stereocenters. The molecule has 2 aromatic rings. The monoisotopic (exact) mass is 219 g/mol. The lowest BCUT2D eigenvalue weighted by Crippen LogP contribution is -1.93. The van der Waals surface area contributed by atoms with Crippen LogP contribution in [-0.4, -0.2) is 0 Å². The maximum absolute atomic E-state index is 13.7. The molecule has 0 aliphatic heterocycles. The van der Waals surface area contributed by atoms with Gasteiger partial charge in [-0.3, -0.25) is 0 Å². The molecule has 0 aromatic heterocycles. The van der Waals surface area contributed by atoms with Crippen LogP contribution in [0.15, 0.2) is 36.4 Å². The fourth-order valence-electron chi connectivity index (χ4n) is 1.58. The van der Waals surface area contributed by atoms with Gasteiger partial charge in [0.2, 0.25) is 0 Å². The molecule has 2 rings (SSSR count). The molecule has 82 valence electrons. The Kier molecular flexibility index (Phi) is 2.60.